The molecule has 0 N–H and O–H groups in total. The van der Waals surface area contributed by atoms with Crippen LogP contribution in [0, 0.1) is 0 Å². The molecule has 0 unspecified atom stereocenters. The fraction of sp³-hybridized carbons (Fsp3) is 0.133. The van der Waals surface area contributed by atoms with Crippen LogP contribution in [0.1, 0.15) is 0 Å². The maximum absolute atomic E-state index is 11.9. The van der Waals surface area contributed by atoms with Gasteiger partial charge >= 0.3 is 5.63 Å². The summed E-state index contributed by atoms with van der Waals surface area (Å²) in [4.78, 5) is 11.9. The van der Waals surface area contributed by atoms with Gasteiger partial charge in [0.05, 0.1) is 19.6 Å². The highest BCUT2D eigenvalue weighted by molar-refractivity contribution is 6.05. The Hall–Kier alpha value is -2.49. The van der Waals surface area contributed by atoms with E-state index >= 15 is 0 Å². The van der Waals surface area contributed by atoms with Gasteiger partial charge in [-0.05, 0) is 36.4 Å². The van der Waals surface area contributed by atoms with Crippen LogP contribution in [-0.4, -0.2) is 14.2 Å². The topological polar surface area (TPSA) is 48.7 Å². The molecule has 0 radical (unpaired) electrons. The molecule has 0 fully saturated rings. The number of methoxy groups -OCH3 is 2. The van der Waals surface area contributed by atoms with E-state index in [4.69, 9.17) is 13.9 Å². The molecular weight excluding hydrogens is 244 g/mol. The summed E-state index contributed by atoms with van der Waals surface area (Å²) in [7, 11) is 3.19. The summed E-state index contributed by atoms with van der Waals surface area (Å²) in [6.45, 7) is 0. The molecule has 0 aliphatic carbocycles. The molecule has 96 valence electrons. The van der Waals surface area contributed by atoms with Crippen LogP contribution in [0.5, 0.6) is 11.5 Å². The average Bonchev–Trinajstić information content (AvgIpc) is 2.46. The van der Waals surface area contributed by atoms with E-state index in [0.29, 0.717) is 22.5 Å². The summed E-state index contributed by atoms with van der Waals surface area (Å²) in [5.74, 6) is 1.41. The number of ether oxygens (including phenoxy) is 2. The maximum atomic E-state index is 11.9. The van der Waals surface area contributed by atoms with Gasteiger partial charge in [0.25, 0.3) is 0 Å². The largest absolute Gasteiger partial charge is 0.497 e. The zero-order valence-corrected chi connectivity index (χ0v) is 10.6. The molecular formula is C15H12O4. The molecule has 0 bridgehead atoms. The number of hydrogen-bond donors (Lipinski definition) is 0. The van der Waals surface area contributed by atoms with Crippen molar-refractivity contribution in [2.75, 3.05) is 14.2 Å². The van der Waals surface area contributed by atoms with Crippen LogP contribution in [0.15, 0.2) is 45.6 Å². The molecule has 1 aromatic heterocycles. The Morgan fingerprint density at radius 1 is 0.842 bits per heavy atom. The zero-order valence-electron chi connectivity index (χ0n) is 10.6. The smallest absolute Gasteiger partial charge is 0.344 e. The molecule has 0 aliphatic heterocycles. The molecule has 3 aromatic rings. The van der Waals surface area contributed by atoms with Gasteiger partial charge in [0.1, 0.15) is 17.1 Å². The molecule has 0 spiro atoms. The standard InChI is InChI=1S/C15H12O4/c1-17-9-3-5-11-12(7-9)13-8-10(18-2)4-6-14(13)19-15(11)16/h3-8H,1-2H3. The molecule has 3 rings (SSSR count). The van der Waals surface area contributed by atoms with E-state index in [-0.39, 0.29) is 5.63 Å². The third-order valence-electron chi connectivity index (χ3n) is 3.13. The maximum Gasteiger partial charge on any atom is 0.344 e. The quantitative estimate of drug-likeness (QED) is 0.522. The molecule has 19 heavy (non-hydrogen) atoms. The van der Waals surface area contributed by atoms with Crippen molar-refractivity contribution in [3.8, 4) is 11.5 Å². The van der Waals surface area contributed by atoms with Gasteiger partial charge in [-0.3, -0.25) is 0 Å². The summed E-state index contributed by atoms with van der Waals surface area (Å²) in [6, 6.07) is 10.6. The van der Waals surface area contributed by atoms with Crippen molar-refractivity contribution in [3.05, 3.63) is 46.8 Å². The van der Waals surface area contributed by atoms with Crippen LogP contribution in [0.25, 0.3) is 21.7 Å². The predicted molar refractivity (Wildman–Crippen MR) is 73.1 cm³/mol. The van der Waals surface area contributed by atoms with Gasteiger partial charge in [-0.2, -0.15) is 0 Å². The third kappa shape index (κ3) is 1.81. The van der Waals surface area contributed by atoms with E-state index in [0.717, 1.165) is 10.8 Å². The fourth-order valence-electron chi connectivity index (χ4n) is 2.14. The second kappa shape index (κ2) is 4.31. The Morgan fingerprint density at radius 2 is 1.47 bits per heavy atom. The van der Waals surface area contributed by atoms with E-state index < -0.39 is 0 Å². The Bertz CT molecular complexity index is 817. The lowest BCUT2D eigenvalue weighted by Gasteiger charge is -2.06. The Morgan fingerprint density at radius 3 is 2.16 bits per heavy atom. The van der Waals surface area contributed by atoms with Crippen molar-refractivity contribution in [1.82, 2.24) is 0 Å². The molecule has 0 aliphatic rings. The molecule has 0 atom stereocenters. The van der Waals surface area contributed by atoms with E-state index in [9.17, 15) is 4.79 Å². The second-order valence-electron chi connectivity index (χ2n) is 4.16. The minimum atomic E-state index is -0.352. The number of fused-ring (bicyclic) bond motifs is 3. The van der Waals surface area contributed by atoms with Crippen molar-refractivity contribution in [1.29, 1.82) is 0 Å². The van der Waals surface area contributed by atoms with Gasteiger partial charge < -0.3 is 13.9 Å². The van der Waals surface area contributed by atoms with E-state index in [2.05, 4.69) is 0 Å². The molecule has 4 heteroatoms. The van der Waals surface area contributed by atoms with E-state index in [1.165, 1.54) is 0 Å². The highest BCUT2D eigenvalue weighted by atomic mass is 16.5. The van der Waals surface area contributed by atoms with Crippen LogP contribution >= 0.6 is 0 Å². The first-order valence-electron chi connectivity index (χ1n) is 5.81. The molecule has 2 aromatic carbocycles. The third-order valence-corrected chi connectivity index (χ3v) is 3.13. The minimum Gasteiger partial charge on any atom is -0.497 e. The van der Waals surface area contributed by atoms with Crippen LogP contribution in [-0.2, 0) is 0 Å². The Balaban J connectivity index is 2.49. The van der Waals surface area contributed by atoms with Crippen LogP contribution in [0.2, 0.25) is 0 Å². The minimum absolute atomic E-state index is 0.352. The lowest BCUT2D eigenvalue weighted by molar-refractivity contribution is 0.414. The Labute approximate surface area is 109 Å². The highest BCUT2D eigenvalue weighted by Gasteiger charge is 2.09. The second-order valence-corrected chi connectivity index (χ2v) is 4.16. The fourth-order valence-corrected chi connectivity index (χ4v) is 2.14. The van der Waals surface area contributed by atoms with Crippen molar-refractivity contribution in [2.24, 2.45) is 0 Å². The molecule has 0 saturated carbocycles. The van der Waals surface area contributed by atoms with Crippen molar-refractivity contribution < 1.29 is 13.9 Å². The average molecular weight is 256 g/mol. The van der Waals surface area contributed by atoms with Gasteiger partial charge in [0.2, 0.25) is 0 Å². The number of benzene rings is 2. The summed E-state index contributed by atoms with van der Waals surface area (Å²) >= 11 is 0. The molecule has 4 nitrogen and oxygen atoms in total. The zero-order chi connectivity index (χ0) is 13.4. The van der Waals surface area contributed by atoms with Crippen LogP contribution < -0.4 is 15.1 Å². The first-order valence-corrected chi connectivity index (χ1v) is 5.81. The lowest BCUT2D eigenvalue weighted by Crippen LogP contribution is -2.00. The summed E-state index contributed by atoms with van der Waals surface area (Å²) in [6.07, 6.45) is 0. The van der Waals surface area contributed by atoms with Crippen molar-refractivity contribution >= 4 is 21.7 Å². The highest BCUT2D eigenvalue weighted by Crippen LogP contribution is 2.29. The summed E-state index contributed by atoms with van der Waals surface area (Å²) in [5.41, 5.74) is 0.182. The number of hydrogen-bond acceptors (Lipinski definition) is 4. The van der Waals surface area contributed by atoms with Crippen molar-refractivity contribution in [3.63, 3.8) is 0 Å². The van der Waals surface area contributed by atoms with Gasteiger partial charge in [0.15, 0.2) is 0 Å². The molecule has 0 amide bonds. The monoisotopic (exact) mass is 256 g/mol. The van der Waals surface area contributed by atoms with Gasteiger partial charge in [0, 0.05) is 10.8 Å². The van der Waals surface area contributed by atoms with E-state index in [1.54, 1.807) is 38.5 Å². The van der Waals surface area contributed by atoms with E-state index in [1.807, 2.05) is 12.1 Å². The van der Waals surface area contributed by atoms with Gasteiger partial charge in [-0.15, -0.1) is 0 Å². The van der Waals surface area contributed by atoms with Gasteiger partial charge in [-0.25, -0.2) is 4.79 Å². The Kier molecular flexibility index (Phi) is 2.63. The first kappa shape index (κ1) is 11.6. The normalized spacial score (nSPS) is 10.8. The molecule has 1 heterocycles. The number of rotatable bonds is 2. The first-order chi connectivity index (χ1) is 9.22. The predicted octanol–water partition coefficient (Wildman–Crippen LogP) is 2.96. The SMILES string of the molecule is COc1ccc2oc(=O)c3ccc(OC)cc3c2c1. The summed E-state index contributed by atoms with van der Waals surface area (Å²) in [5, 5.41) is 2.15. The lowest BCUT2D eigenvalue weighted by atomic mass is 10.1. The van der Waals surface area contributed by atoms with Crippen LogP contribution in [0.3, 0.4) is 0 Å². The summed E-state index contributed by atoms with van der Waals surface area (Å²) < 4.78 is 15.7. The van der Waals surface area contributed by atoms with Crippen LogP contribution in [0.4, 0.5) is 0 Å². The van der Waals surface area contributed by atoms with Crippen molar-refractivity contribution in [2.45, 2.75) is 0 Å². The molecule has 0 saturated heterocycles. The van der Waals surface area contributed by atoms with Gasteiger partial charge in [-0.1, -0.05) is 0 Å².